The molecule has 5 heteroatoms. The molecule has 2 N–H and O–H groups in total. The molecule has 1 aliphatic rings. The van der Waals surface area contributed by atoms with E-state index in [9.17, 15) is 9.00 Å². The van der Waals surface area contributed by atoms with Gasteiger partial charge in [0, 0.05) is 11.9 Å². The Hall–Kier alpha value is -1.36. The van der Waals surface area contributed by atoms with E-state index in [0.717, 1.165) is 5.56 Å². The molecule has 0 radical (unpaired) electrons. The predicted molar refractivity (Wildman–Crippen MR) is 62.7 cm³/mol. The zero-order valence-corrected chi connectivity index (χ0v) is 9.71. The van der Waals surface area contributed by atoms with Crippen molar-refractivity contribution in [2.75, 3.05) is 11.0 Å². The van der Waals surface area contributed by atoms with E-state index in [1.807, 2.05) is 6.07 Å². The zero-order valence-electron chi connectivity index (χ0n) is 8.90. The molecule has 86 valence electrons. The number of anilines is 1. The Labute approximate surface area is 96.3 Å². The molecule has 0 aliphatic heterocycles. The van der Waals surface area contributed by atoms with Gasteiger partial charge in [-0.1, -0.05) is 12.1 Å². The largest absolute Gasteiger partial charge is 0.481 e. The fourth-order valence-electron chi connectivity index (χ4n) is 1.80. The molecule has 16 heavy (non-hydrogen) atoms. The molecule has 1 saturated carbocycles. The maximum Gasteiger partial charge on any atom is 0.314 e. The van der Waals surface area contributed by atoms with Crippen LogP contribution in [0.25, 0.3) is 0 Å². The summed E-state index contributed by atoms with van der Waals surface area (Å²) in [7, 11) is -1.14. The first-order valence-electron chi connectivity index (χ1n) is 4.99. The number of carbonyl (C=O) groups is 1. The van der Waals surface area contributed by atoms with Gasteiger partial charge in [0.1, 0.15) is 11.0 Å². The van der Waals surface area contributed by atoms with E-state index in [1.165, 1.54) is 6.26 Å². The molecular formula is C11H13NO3S. The topological polar surface area (TPSA) is 66.4 Å². The monoisotopic (exact) mass is 239 g/mol. The van der Waals surface area contributed by atoms with Crippen LogP contribution >= 0.6 is 0 Å². The second-order valence-electron chi connectivity index (χ2n) is 4.02. The molecule has 0 bridgehead atoms. The van der Waals surface area contributed by atoms with Crippen molar-refractivity contribution in [3.05, 3.63) is 29.8 Å². The number of hydrogen-bond acceptors (Lipinski definition) is 2. The van der Waals surface area contributed by atoms with Crippen LogP contribution in [0.3, 0.4) is 0 Å². The fourth-order valence-corrected chi connectivity index (χ4v) is 2.26. The van der Waals surface area contributed by atoms with Crippen LogP contribution in [0.15, 0.2) is 24.3 Å². The van der Waals surface area contributed by atoms with Crippen molar-refractivity contribution in [3.63, 3.8) is 0 Å². The summed E-state index contributed by atoms with van der Waals surface area (Å²) in [6.45, 7) is 0. The van der Waals surface area contributed by atoms with Gasteiger partial charge < -0.3 is 9.83 Å². The molecule has 1 atom stereocenters. The van der Waals surface area contributed by atoms with E-state index in [2.05, 4.69) is 4.72 Å². The van der Waals surface area contributed by atoms with Crippen LogP contribution in [-0.4, -0.2) is 21.5 Å². The van der Waals surface area contributed by atoms with Crippen LogP contribution < -0.4 is 4.72 Å². The average Bonchev–Trinajstić information content (AvgIpc) is 2.97. The zero-order chi connectivity index (χ0) is 11.8. The summed E-state index contributed by atoms with van der Waals surface area (Å²) < 4.78 is 13.8. The SMILES string of the molecule is CS(=O)Nc1cccc(C2(C(=O)O)CC2)c1. The van der Waals surface area contributed by atoms with Crippen LogP contribution in [-0.2, 0) is 21.2 Å². The quantitative estimate of drug-likeness (QED) is 0.837. The minimum atomic E-state index is -1.14. The van der Waals surface area contributed by atoms with Gasteiger partial charge in [-0.05, 0) is 30.5 Å². The van der Waals surface area contributed by atoms with Crippen LogP contribution in [0.4, 0.5) is 5.69 Å². The Kier molecular flexibility index (Phi) is 2.71. The molecule has 0 aromatic heterocycles. The van der Waals surface area contributed by atoms with Crippen molar-refractivity contribution >= 4 is 22.6 Å². The summed E-state index contributed by atoms with van der Waals surface area (Å²) in [5, 5.41) is 9.15. The Bertz CT molecular complexity index is 454. The normalized spacial score (nSPS) is 18.8. The average molecular weight is 239 g/mol. The van der Waals surface area contributed by atoms with Gasteiger partial charge in [0.2, 0.25) is 0 Å². The van der Waals surface area contributed by atoms with E-state index in [1.54, 1.807) is 18.2 Å². The van der Waals surface area contributed by atoms with E-state index in [0.29, 0.717) is 18.5 Å². The van der Waals surface area contributed by atoms with Gasteiger partial charge >= 0.3 is 5.97 Å². The number of carboxylic acids is 1. The lowest BCUT2D eigenvalue weighted by atomic mass is 9.96. The maximum absolute atomic E-state index is 11.1. The van der Waals surface area contributed by atoms with E-state index in [-0.39, 0.29) is 0 Å². The third kappa shape index (κ3) is 1.95. The number of hydrogen-bond donors (Lipinski definition) is 2. The lowest BCUT2D eigenvalue weighted by molar-refractivity contribution is -0.140. The lowest BCUT2D eigenvalue weighted by Gasteiger charge is -2.11. The van der Waals surface area contributed by atoms with Crippen molar-refractivity contribution in [2.24, 2.45) is 0 Å². The molecule has 1 fully saturated rings. The molecule has 2 rings (SSSR count). The van der Waals surface area contributed by atoms with Crippen molar-refractivity contribution in [1.82, 2.24) is 0 Å². The van der Waals surface area contributed by atoms with Crippen molar-refractivity contribution in [3.8, 4) is 0 Å². The summed E-state index contributed by atoms with van der Waals surface area (Å²) >= 11 is 0. The summed E-state index contributed by atoms with van der Waals surface area (Å²) in [5.74, 6) is -0.776. The predicted octanol–water partition coefficient (Wildman–Crippen LogP) is 1.51. The Morgan fingerprint density at radius 1 is 1.50 bits per heavy atom. The molecule has 1 aromatic rings. The van der Waals surface area contributed by atoms with Gasteiger partial charge in [0.15, 0.2) is 0 Å². The number of aliphatic carboxylic acids is 1. The highest BCUT2D eigenvalue weighted by Gasteiger charge is 2.51. The third-order valence-corrected chi connectivity index (χ3v) is 3.36. The smallest absolute Gasteiger partial charge is 0.314 e. The van der Waals surface area contributed by atoms with E-state index in [4.69, 9.17) is 5.11 Å². The first-order chi connectivity index (χ1) is 7.54. The van der Waals surface area contributed by atoms with E-state index < -0.39 is 22.4 Å². The summed E-state index contributed by atoms with van der Waals surface area (Å²) in [5.41, 5.74) is 0.786. The number of rotatable bonds is 4. The molecule has 0 saturated heterocycles. The fraction of sp³-hybridized carbons (Fsp3) is 0.364. The van der Waals surface area contributed by atoms with Gasteiger partial charge in [-0.2, -0.15) is 0 Å². The van der Waals surface area contributed by atoms with Crippen molar-refractivity contribution < 1.29 is 14.1 Å². The minimum absolute atomic E-state index is 0.682. The summed E-state index contributed by atoms with van der Waals surface area (Å²) in [4.78, 5) is 11.1. The Morgan fingerprint density at radius 3 is 2.69 bits per heavy atom. The maximum atomic E-state index is 11.1. The molecule has 1 aliphatic carbocycles. The van der Waals surface area contributed by atoms with Gasteiger partial charge in [0.25, 0.3) is 0 Å². The van der Waals surface area contributed by atoms with Crippen LogP contribution in [0.1, 0.15) is 18.4 Å². The Balaban J connectivity index is 2.29. The van der Waals surface area contributed by atoms with Crippen molar-refractivity contribution in [1.29, 1.82) is 0 Å². The van der Waals surface area contributed by atoms with Gasteiger partial charge in [0.05, 0.1) is 5.41 Å². The van der Waals surface area contributed by atoms with Crippen molar-refractivity contribution in [2.45, 2.75) is 18.3 Å². The second kappa shape index (κ2) is 3.90. The van der Waals surface area contributed by atoms with Crippen LogP contribution in [0.5, 0.6) is 0 Å². The minimum Gasteiger partial charge on any atom is -0.481 e. The molecule has 1 aromatic carbocycles. The molecule has 4 nitrogen and oxygen atoms in total. The molecule has 0 amide bonds. The standard InChI is InChI=1S/C11H13NO3S/c1-16(15)12-9-4-2-3-8(7-9)11(5-6-11)10(13)14/h2-4,7,12H,5-6H2,1H3,(H,13,14). The first kappa shape index (κ1) is 11.1. The van der Waals surface area contributed by atoms with Gasteiger partial charge in [-0.15, -0.1) is 0 Å². The number of carboxylic acid groups (broad SMARTS) is 1. The molecular weight excluding hydrogens is 226 g/mol. The molecule has 1 unspecified atom stereocenters. The summed E-state index contributed by atoms with van der Waals surface area (Å²) in [6.07, 6.45) is 2.90. The highest BCUT2D eigenvalue weighted by Crippen LogP contribution is 2.48. The first-order valence-corrected chi connectivity index (χ1v) is 6.54. The highest BCUT2D eigenvalue weighted by atomic mass is 32.2. The van der Waals surface area contributed by atoms with Gasteiger partial charge in [-0.25, -0.2) is 4.21 Å². The van der Waals surface area contributed by atoms with E-state index >= 15 is 0 Å². The Morgan fingerprint density at radius 2 is 2.19 bits per heavy atom. The highest BCUT2D eigenvalue weighted by molar-refractivity contribution is 7.85. The number of benzene rings is 1. The van der Waals surface area contributed by atoms with Gasteiger partial charge in [-0.3, -0.25) is 4.79 Å². The second-order valence-corrected chi connectivity index (χ2v) is 5.14. The summed E-state index contributed by atoms with van der Waals surface area (Å²) in [6, 6.07) is 7.14. The molecule has 0 heterocycles. The lowest BCUT2D eigenvalue weighted by Crippen LogP contribution is -2.19. The number of nitrogens with one attached hydrogen (secondary N) is 1. The van der Waals surface area contributed by atoms with Crippen LogP contribution in [0, 0.1) is 0 Å². The third-order valence-electron chi connectivity index (χ3n) is 2.84. The van der Waals surface area contributed by atoms with Crippen LogP contribution in [0.2, 0.25) is 0 Å². The molecule has 0 spiro atoms.